The van der Waals surface area contributed by atoms with Gasteiger partial charge in [0, 0.05) is 23.6 Å². The lowest BCUT2D eigenvalue weighted by Gasteiger charge is -2.23. The van der Waals surface area contributed by atoms with Crippen LogP contribution in [0.2, 0.25) is 0 Å². The van der Waals surface area contributed by atoms with Gasteiger partial charge in [-0.3, -0.25) is 4.90 Å². The first-order valence-corrected chi connectivity index (χ1v) is 7.11. The van der Waals surface area contributed by atoms with Crippen molar-refractivity contribution in [2.45, 2.75) is 20.3 Å². The number of carbonyl (C=O) groups excluding carboxylic acids is 1. The topological polar surface area (TPSA) is 58.4 Å². The maximum Gasteiger partial charge on any atom is 0.326 e. The summed E-state index contributed by atoms with van der Waals surface area (Å²) in [7, 11) is 0. The molecule has 0 spiro atoms. The minimum atomic E-state index is -0.147. The number of anilines is 3. The van der Waals surface area contributed by atoms with Gasteiger partial charge in [0.15, 0.2) is 0 Å². The second kappa shape index (κ2) is 6.79. The molecule has 0 aliphatic heterocycles. The molecule has 0 bridgehead atoms. The number of aryl methyl sites for hydroxylation is 1. The van der Waals surface area contributed by atoms with Crippen LogP contribution in [0, 0.1) is 6.92 Å². The molecule has 0 aromatic heterocycles. The van der Waals surface area contributed by atoms with Gasteiger partial charge < -0.3 is 11.1 Å². The van der Waals surface area contributed by atoms with Crippen LogP contribution in [0.3, 0.4) is 0 Å². The zero-order chi connectivity index (χ0) is 15.2. The van der Waals surface area contributed by atoms with Crippen molar-refractivity contribution in [3.63, 3.8) is 0 Å². The van der Waals surface area contributed by atoms with E-state index >= 15 is 0 Å². The Bertz CT molecular complexity index is 608. The summed E-state index contributed by atoms with van der Waals surface area (Å²) in [6, 6.07) is 15.0. The van der Waals surface area contributed by atoms with Gasteiger partial charge in [-0.1, -0.05) is 30.7 Å². The first kappa shape index (κ1) is 14.9. The van der Waals surface area contributed by atoms with Crippen molar-refractivity contribution in [2.24, 2.45) is 0 Å². The van der Waals surface area contributed by atoms with E-state index in [0.29, 0.717) is 12.2 Å². The predicted octanol–water partition coefficient (Wildman–Crippen LogP) is 4.03. The number of nitrogens with one attached hydrogen (secondary N) is 1. The van der Waals surface area contributed by atoms with Crippen LogP contribution in [0.5, 0.6) is 0 Å². The van der Waals surface area contributed by atoms with E-state index in [1.165, 1.54) is 0 Å². The quantitative estimate of drug-likeness (QED) is 0.832. The van der Waals surface area contributed by atoms with Crippen LogP contribution in [0.1, 0.15) is 18.9 Å². The number of carbonyl (C=O) groups is 1. The number of benzene rings is 2. The molecule has 0 fully saturated rings. The smallest absolute Gasteiger partial charge is 0.326 e. The van der Waals surface area contributed by atoms with Crippen LogP contribution in [0.4, 0.5) is 21.9 Å². The zero-order valence-electron chi connectivity index (χ0n) is 12.5. The maximum absolute atomic E-state index is 12.5. The fourth-order valence-corrected chi connectivity index (χ4v) is 2.09. The lowest BCUT2D eigenvalue weighted by atomic mass is 10.2. The third-order valence-corrected chi connectivity index (χ3v) is 3.18. The molecule has 0 heterocycles. The molecule has 0 saturated carbocycles. The summed E-state index contributed by atoms with van der Waals surface area (Å²) in [4.78, 5) is 14.2. The maximum atomic E-state index is 12.5. The third-order valence-electron chi connectivity index (χ3n) is 3.18. The molecule has 4 heteroatoms. The Kier molecular flexibility index (Phi) is 4.82. The molecule has 3 N–H and O–H groups in total. The molecule has 21 heavy (non-hydrogen) atoms. The Morgan fingerprint density at radius 3 is 2.52 bits per heavy atom. The molecular formula is C17H21N3O. The Hall–Kier alpha value is -2.49. The molecule has 110 valence electrons. The van der Waals surface area contributed by atoms with Crippen LogP contribution in [0.15, 0.2) is 48.5 Å². The van der Waals surface area contributed by atoms with Gasteiger partial charge in [0.1, 0.15) is 0 Å². The minimum Gasteiger partial charge on any atom is -0.399 e. The standard InChI is InChI=1S/C17H21N3O/c1-3-11-20(16-6-4-5-14(18)12-16)17(21)19-15-9-7-13(2)8-10-15/h4-10,12H,3,11,18H2,1-2H3,(H,19,21). The van der Waals surface area contributed by atoms with Crippen molar-refractivity contribution in [3.8, 4) is 0 Å². The molecule has 4 nitrogen and oxygen atoms in total. The van der Waals surface area contributed by atoms with Crippen LogP contribution >= 0.6 is 0 Å². The summed E-state index contributed by atoms with van der Waals surface area (Å²) in [5, 5.41) is 2.92. The van der Waals surface area contributed by atoms with E-state index < -0.39 is 0 Å². The summed E-state index contributed by atoms with van der Waals surface area (Å²) in [5.41, 5.74) is 9.21. The van der Waals surface area contributed by atoms with Crippen molar-refractivity contribution < 1.29 is 4.79 Å². The van der Waals surface area contributed by atoms with Crippen LogP contribution in [-0.2, 0) is 0 Å². The number of hydrogen-bond donors (Lipinski definition) is 2. The van der Waals surface area contributed by atoms with Crippen LogP contribution in [0.25, 0.3) is 0 Å². The highest BCUT2D eigenvalue weighted by molar-refractivity contribution is 6.01. The molecule has 0 saturated heterocycles. The van der Waals surface area contributed by atoms with Crippen molar-refractivity contribution in [3.05, 3.63) is 54.1 Å². The van der Waals surface area contributed by atoms with E-state index in [1.54, 1.807) is 4.90 Å². The summed E-state index contributed by atoms with van der Waals surface area (Å²) < 4.78 is 0. The highest BCUT2D eigenvalue weighted by atomic mass is 16.2. The first-order chi connectivity index (χ1) is 10.1. The van der Waals surface area contributed by atoms with Gasteiger partial charge in [-0.2, -0.15) is 0 Å². The second-order valence-electron chi connectivity index (χ2n) is 5.04. The van der Waals surface area contributed by atoms with E-state index in [4.69, 9.17) is 5.73 Å². The third kappa shape index (κ3) is 3.99. The van der Waals surface area contributed by atoms with E-state index in [1.807, 2.05) is 62.4 Å². The van der Waals surface area contributed by atoms with E-state index in [2.05, 4.69) is 5.32 Å². The lowest BCUT2D eigenvalue weighted by molar-refractivity contribution is 0.257. The van der Waals surface area contributed by atoms with Gasteiger partial charge >= 0.3 is 6.03 Å². The van der Waals surface area contributed by atoms with Gasteiger partial charge in [-0.05, 0) is 43.7 Å². The number of nitrogen functional groups attached to an aromatic ring is 1. The van der Waals surface area contributed by atoms with Crippen molar-refractivity contribution in [1.29, 1.82) is 0 Å². The number of nitrogens with two attached hydrogens (primary N) is 1. The molecule has 2 aromatic carbocycles. The molecule has 0 atom stereocenters. The van der Waals surface area contributed by atoms with Crippen LogP contribution in [-0.4, -0.2) is 12.6 Å². The average Bonchev–Trinajstić information content (AvgIpc) is 2.47. The SMILES string of the molecule is CCCN(C(=O)Nc1ccc(C)cc1)c1cccc(N)c1. The number of rotatable bonds is 4. The molecular weight excluding hydrogens is 262 g/mol. The van der Waals surface area contributed by atoms with E-state index in [-0.39, 0.29) is 6.03 Å². The highest BCUT2D eigenvalue weighted by Gasteiger charge is 2.15. The van der Waals surface area contributed by atoms with Gasteiger partial charge in [0.05, 0.1) is 0 Å². The number of urea groups is 1. The Morgan fingerprint density at radius 1 is 1.19 bits per heavy atom. The molecule has 2 rings (SSSR count). The Labute approximate surface area is 125 Å². The second-order valence-corrected chi connectivity index (χ2v) is 5.04. The fraction of sp³-hybridized carbons (Fsp3) is 0.235. The zero-order valence-corrected chi connectivity index (χ0v) is 12.5. The monoisotopic (exact) mass is 283 g/mol. The minimum absolute atomic E-state index is 0.147. The number of nitrogens with zero attached hydrogens (tertiary/aromatic N) is 1. The van der Waals surface area contributed by atoms with E-state index in [0.717, 1.165) is 23.4 Å². The molecule has 0 radical (unpaired) electrons. The number of hydrogen-bond acceptors (Lipinski definition) is 2. The lowest BCUT2D eigenvalue weighted by Crippen LogP contribution is -2.35. The van der Waals surface area contributed by atoms with Crippen LogP contribution < -0.4 is 16.0 Å². The summed E-state index contributed by atoms with van der Waals surface area (Å²) >= 11 is 0. The van der Waals surface area contributed by atoms with Crippen molar-refractivity contribution >= 4 is 23.1 Å². The first-order valence-electron chi connectivity index (χ1n) is 7.11. The predicted molar refractivity (Wildman–Crippen MR) is 88.7 cm³/mol. The summed E-state index contributed by atoms with van der Waals surface area (Å²) in [6.07, 6.45) is 0.871. The normalized spacial score (nSPS) is 10.2. The Balaban J connectivity index is 2.17. The van der Waals surface area contributed by atoms with Gasteiger partial charge in [0.25, 0.3) is 0 Å². The molecule has 0 aliphatic carbocycles. The van der Waals surface area contributed by atoms with Gasteiger partial charge in [0.2, 0.25) is 0 Å². The molecule has 0 unspecified atom stereocenters. The number of amides is 2. The van der Waals surface area contributed by atoms with Crippen molar-refractivity contribution in [2.75, 3.05) is 22.5 Å². The van der Waals surface area contributed by atoms with E-state index in [9.17, 15) is 4.79 Å². The molecule has 2 amide bonds. The molecule has 0 aliphatic rings. The Morgan fingerprint density at radius 2 is 1.90 bits per heavy atom. The highest BCUT2D eigenvalue weighted by Crippen LogP contribution is 2.19. The van der Waals surface area contributed by atoms with Gasteiger partial charge in [-0.15, -0.1) is 0 Å². The molecule has 2 aromatic rings. The summed E-state index contributed by atoms with van der Waals surface area (Å²) in [5.74, 6) is 0. The largest absolute Gasteiger partial charge is 0.399 e. The van der Waals surface area contributed by atoms with Gasteiger partial charge in [-0.25, -0.2) is 4.79 Å². The fourth-order valence-electron chi connectivity index (χ4n) is 2.09. The van der Waals surface area contributed by atoms with Crippen molar-refractivity contribution in [1.82, 2.24) is 0 Å². The summed E-state index contributed by atoms with van der Waals surface area (Å²) in [6.45, 7) is 4.70. The average molecular weight is 283 g/mol.